The SMILES string of the molecule is Cc1ccc(S(=O)(=O)Nc2ccc(C(=O)N(C)C3CCCCC3)cc2)cc1. The van der Waals surface area contributed by atoms with Gasteiger partial charge in [-0.2, -0.15) is 0 Å². The first-order chi connectivity index (χ1) is 12.9. The van der Waals surface area contributed by atoms with Gasteiger partial charge in [0.05, 0.1) is 4.90 Å². The Kier molecular flexibility index (Phi) is 5.85. The molecule has 5 nitrogen and oxygen atoms in total. The number of benzene rings is 2. The van der Waals surface area contributed by atoms with Gasteiger partial charge in [-0.1, -0.05) is 37.0 Å². The van der Waals surface area contributed by atoms with E-state index < -0.39 is 10.0 Å². The van der Waals surface area contributed by atoms with Gasteiger partial charge in [0, 0.05) is 24.3 Å². The maximum atomic E-state index is 12.7. The van der Waals surface area contributed by atoms with E-state index in [0.29, 0.717) is 17.3 Å². The van der Waals surface area contributed by atoms with Gasteiger partial charge in [-0.25, -0.2) is 8.42 Å². The van der Waals surface area contributed by atoms with Crippen molar-refractivity contribution in [3.05, 3.63) is 59.7 Å². The largest absolute Gasteiger partial charge is 0.339 e. The molecule has 6 heteroatoms. The van der Waals surface area contributed by atoms with Gasteiger partial charge in [0.1, 0.15) is 0 Å². The fourth-order valence-corrected chi connectivity index (χ4v) is 4.51. The first-order valence-electron chi connectivity index (χ1n) is 9.33. The van der Waals surface area contributed by atoms with Crippen molar-refractivity contribution < 1.29 is 13.2 Å². The summed E-state index contributed by atoms with van der Waals surface area (Å²) in [6, 6.07) is 13.6. The lowest BCUT2D eigenvalue weighted by Gasteiger charge is -2.31. The molecule has 0 saturated heterocycles. The molecule has 0 bridgehead atoms. The maximum Gasteiger partial charge on any atom is 0.261 e. The molecule has 0 aromatic heterocycles. The summed E-state index contributed by atoms with van der Waals surface area (Å²) in [6.45, 7) is 1.91. The molecule has 0 spiro atoms. The summed E-state index contributed by atoms with van der Waals surface area (Å²) in [5.41, 5.74) is 2.01. The third kappa shape index (κ3) is 4.69. The van der Waals surface area contributed by atoms with Crippen molar-refractivity contribution in [1.82, 2.24) is 4.90 Å². The average Bonchev–Trinajstić information content (AvgIpc) is 2.68. The van der Waals surface area contributed by atoms with Crippen LogP contribution in [0.3, 0.4) is 0 Å². The Morgan fingerprint density at radius 3 is 2.15 bits per heavy atom. The van der Waals surface area contributed by atoms with Crippen molar-refractivity contribution in [3.8, 4) is 0 Å². The summed E-state index contributed by atoms with van der Waals surface area (Å²) in [4.78, 5) is 14.7. The molecule has 3 rings (SSSR count). The lowest BCUT2D eigenvalue weighted by atomic mass is 9.94. The van der Waals surface area contributed by atoms with Crippen molar-refractivity contribution in [2.45, 2.75) is 50.0 Å². The minimum Gasteiger partial charge on any atom is -0.339 e. The lowest BCUT2D eigenvalue weighted by molar-refractivity contribution is 0.0696. The predicted molar refractivity (Wildman–Crippen MR) is 107 cm³/mol. The first-order valence-corrected chi connectivity index (χ1v) is 10.8. The van der Waals surface area contributed by atoms with Gasteiger partial charge in [0.2, 0.25) is 0 Å². The van der Waals surface area contributed by atoms with Crippen LogP contribution in [0.4, 0.5) is 5.69 Å². The number of rotatable bonds is 5. The summed E-state index contributed by atoms with van der Waals surface area (Å²) in [6.07, 6.45) is 5.69. The van der Waals surface area contributed by atoms with Gasteiger partial charge in [-0.15, -0.1) is 0 Å². The highest BCUT2D eigenvalue weighted by atomic mass is 32.2. The second-order valence-electron chi connectivity index (χ2n) is 7.20. The molecule has 0 heterocycles. The van der Waals surface area contributed by atoms with E-state index in [1.807, 2.05) is 18.9 Å². The molecule has 1 N–H and O–H groups in total. The number of nitrogens with zero attached hydrogens (tertiary/aromatic N) is 1. The zero-order valence-electron chi connectivity index (χ0n) is 15.8. The first kappa shape index (κ1) is 19.4. The average molecular weight is 387 g/mol. The molecule has 0 radical (unpaired) electrons. The molecule has 1 amide bonds. The number of carbonyl (C=O) groups excluding carboxylic acids is 1. The Labute approximate surface area is 161 Å². The molecular formula is C21H26N2O3S. The molecule has 1 aliphatic carbocycles. The molecule has 0 atom stereocenters. The van der Waals surface area contributed by atoms with Crippen molar-refractivity contribution >= 4 is 21.6 Å². The summed E-state index contributed by atoms with van der Waals surface area (Å²) in [5, 5.41) is 0. The Morgan fingerprint density at radius 2 is 1.56 bits per heavy atom. The highest BCUT2D eigenvalue weighted by molar-refractivity contribution is 7.92. The van der Waals surface area contributed by atoms with E-state index in [1.165, 1.54) is 19.3 Å². The number of sulfonamides is 1. The van der Waals surface area contributed by atoms with Crippen LogP contribution in [0.2, 0.25) is 0 Å². The Bertz CT molecular complexity index is 884. The fraction of sp³-hybridized carbons (Fsp3) is 0.381. The van der Waals surface area contributed by atoms with E-state index >= 15 is 0 Å². The number of hydrogen-bond acceptors (Lipinski definition) is 3. The highest BCUT2D eigenvalue weighted by Crippen LogP contribution is 2.23. The number of aryl methyl sites for hydroxylation is 1. The number of carbonyl (C=O) groups is 1. The Morgan fingerprint density at radius 1 is 0.963 bits per heavy atom. The Hall–Kier alpha value is -2.34. The van der Waals surface area contributed by atoms with Crippen molar-refractivity contribution in [2.75, 3.05) is 11.8 Å². The number of amides is 1. The van der Waals surface area contributed by atoms with Crippen LogP contribution in [-0.2, 0) is 10.0 Å². The summed E-state index contributed by atoms with van der Waals surface area (Å²) < 4.78 is 27.5. The van der Waals surface area contributed by atoms with Crippen molar-refractivity contribution in [3.63, 3.8) is 0 Å². The van der Waals surface area contributed by atoms with Gasteiger partial charge in [-0.3, -0.25) is 9.52 Å². The minimum atomic E-state index is -3.64. The van der Waals surface area contributed by atoms with E-state index in [0.717, 1.165) is 18.4 Å². The quantitative estimate of drug-likeness (QED) is 0.837. The van der Waals surface area contributed by atoms with Crippen LogP contribution in [0, 0.1) is 6.92 Å². The van der Waals surface area contributed by atoms with E-state index in [-0.39, 0.29) is 10.8 Å². The van der Waals surface area contributed by atoms with Crippen LogP contribution >= 0.6 is 0 Å². The molecule has 1 aliphatic rings. The van der Waals surface area contributed by atoms with Gasteiger partial charge >= 0.3 is 0 Å². The minimum absolute atomic E-state index is 0.0187. The van der Waals surface area contributed by atoms with Gasteiger partial charge in [-0.05, 0) is 56.2 Å². The molecule has 2 aromatic carbocycles. The van der Waals surface area contributed by atoms with Gasteiger partial charge in [0.15, 0.2) is 0 Å². The van der Waals surface area contributed by atoms with E-state index in [1.54, 1.807) is 48.5 Å². The summed E-state index contributed by atoms with van der Waals surface area (Å²) >= 11 is 0. The summed E-state index contributed by atoms with van der Waals surface area (Å²) in [7, 11) is -1.79. The van der Waals surface area contributed by atoms with Gasteiger partial charge < -0.3 is 4.90 Å². The topological polar surface area (TPSA) is 66.5 Å². The van der Waals surface area contributed by atoms with Crippen LogP contribution in [0.5, 0.6) is 0 Å². The predicted octanol–water partition coefficient (Wildman–Crippen LogP) is 4.20. The second kappa shape index (κ2) is 8.13. The summed E-state index contributed by atoms with van der Waals surface area (Å²) in [5.74, 6) is -0.0187. The lowest BCUT2D eigenvalue weighted by Crippen LogP contribution is -2.38. The van der Waals surface area contributed by atoms with Crippen molar-refractivity contribution in [1.29, 1.82) is 0 Å². The van der Waals surface area contributed by atoms with E-state index in [9.17, 15) is 13.2 Å². The molecule has 2 aromatic rings. The highest BCUT2D eigenvalue weighted by Gasteiger charge is 2.23. The van der Waals surface area contributed by atoms with Crippen LogP contribution in [0.1, 0.15) is 48.0 Å². The normalized spacial score (nSPS) is 15.3. The standard InChI is InChI=1S/C21H26N2O3S/c1-16-8-14-20(15-9-16)27(25,26)22-18-12-10-17(11-13-18)21(24)23(2)19-6-4-3-5-7-19/h8-15,19,22H,3-7H2,1-2H3. The Balaban J connectivity index is 1.69. The van der Waals surface area contributed by atoms with Crippen molar-refractivity contribution in [2.24, 2.45) is 0 Å². The third-order valence-corrected chi connectivity index (χ3v) is 6.56. The molecular weight excluding hydrogens is 360 g/mol. The van der Waals surface area contributed by atoms with E-state index in [4.69, 9.17) is 0 Å². The van der Waals surface area contributed by atoms with Crippen LogP contribution < -0.4 is 4.72 Å². The van der Waals surface area contributed by atoms with Gasteiger partial charge in [0.25, 0.3) is 15.9 Å². The second-order valence-corrected chi connectivity index (χ2v) is 8.89. The maximum absolute atomic E-state index is 12.7. The molecule has 0 aliphatic heterocycles. The third-order valence-electron chi connectivity index (χ3n) is 5.16. The molecule has 1 fully saturated rings. The zero-order valence-corrected chi connectivity index (χ0v) is 16.6. The van der Waals surface area contributed by atoms with E-state index in [2.05, 4.69) is 4.72 Å². The molecule has 27 heavy (non-hydrogen) atoms. The number of anilines is 1. The monoisotopic (exact) mass is 386 g/mol. The molecule has 1 saturated carbocycles. The molecule has 0 unspecified atom stereocenters. The molecule has 144 valence electrons. The van der Waals surface area contributed by atoms with Crippen LogP contribution in [-0.4, -0.2) is 32.3 Å². The van der Waals surface area contributed by atoms with Crippen LogP contribution in [0.15, 0.2) is 53.4 Å². The fourth-order valence-electron chi connectivity index (χ4n) is 3.45. The number of hydrogen-bond donors (Lipinski definition) is 1. The zero-order chi connectivity index (χ0) is 19.4. The smallest absolute Gasteiger partial charge is 0.261 e. The van der Waals surface area contributed by atoms with Crippen LogP contribution in [0.25, 0.3) is 0 Å². The number of nitrogens with one attached hydrogen (secondary N) is 1.